The predicted octanol–water partition coefficient (Wildman–Crippen LogP) is 3.99. The fourth-order valence-corrected chi connectivity index (χ4v) is 4.96. The maximum Gasteiger partial charge on any atom is 0.254 e. The maximum absolute atomic E-state index is 13.7. The van der Waals surface area contributed by atoms with E-state index >= 15 is 0 Å². The molecule has 1 aliphatic heterocycles. The zero-order valence-electron chi connectivity index (χ0n) is 20.3. The van der Waals surface area contributed by atoms with Gasteiger partial charge in [0.1, 0.15) is 0 Å². The van der Waals surface area contributed by atoms with Crippen molar-refractivity contribution in [2.24, 2.45) is 7.05 Å². The molecule has 3 aromatic rings. The van der Waals surface area contributed by atoms with Crippen LogP contribution in [0.2, 0.25) is 0 Å². The number of nitrogens with one attached hydrogen (secondary N) is 1. The van der Waals surface area contributed by atoms with Gasteiger partial charge in [0.2, 0.25) is 5.91 Å². The van der Waals surface area contributed by atoms with Gasteiger partial charge in [-0.1, -0.05) is 36.4 Å². The predicted molar refractivity (Wildman–Crippen MR) is 132 cm³/mol. The van der Waals surface area contributed by atoms with Crippen molar-refractivity contribution in [1.82, 2.24) is 14.8 Å². The largest absolute Gasteiger partial charge is 0.355 e. The average Bonchev–Trinajstić information content (AvgIpc) is 3.17. The van der Waals surface area contributed by atoms with Crippen LogP contribution < -0.4 is 5.32 Å². The number of rotatable bonds is 9. The Balaban J connectivity index is 1.70. The highest BCUT2D eigenvalue weighted by atomic mass is 16.7. The molecule has 7 heteroatoms. The Morgan fingerprint density at radius 2 is 1.68 bits per heavy atom. The first kappa shape index (κ1) is 24.0. The fourth-order valence-electron chi connectivity index (χ4n) is 4.96. The van der Waals surface area contributed by atoms with Gasteiger partial charge < -0.3 is 24.3 Å². The summed E-state index contributed by atoms with van der Waals surface area (Å²) < 4.78 is 13.3. The van der Waals surface area contributed by atoms with Gasteiger partial charge in [0.15, 0.2) is 6.29 Å². The lowest BCUT2D eigenvalue weighted by molar-refractivity contribution is -0.140. The second-order valence-electron chi connectivity index (χ2n) is 8.56. The molecule has 0 saturated carbocycles. The van der Waals surface area contributed by atoms with E-state index in [0.717, 1.165) is 22.0 Å². The van der Waals surface area contributed by atoms with Crippen LogP contribution in [0.25, 0.3) is 10.9 Å². The van der Waals surface area contributed by atoms with Crippen LogP contribution in [0.5, 0.6) is 0 Å². The van der Waals surface area contributed by atoms with Gasteiger partial charge in [-0.05, 0) is 31.5 Å². The molecule has 2 heterocycles. The summed E-state index contributed by atoms with van der Waals surface area (Å²) in [6.45, 7) is 5.35. The van der Waals surface area contributed by atoms with Crippen molar-refractivity contribution in [1.29, 1.82) is 0 Å². The van der Waals surface area contributed by atoms with Crippen LogP contribution in [0.4, 0.5) is 0 Å². The van der Waals surface area contributed by atoms with E-state index in [2.05, 4.69) is 5.32 Å². The third kappa shape index (κ3) is 4.45. The van der Waals surface area contributed by atoms with Gasteiger partial charge in [0, 0.05) is 68.5 Å². The Morgan fingerprint density at radius 3 is 2.41 bits per heavy atom. The summed E-state index contributed by atoms with van der Waals surface area (Å²) in [4.78, 5) is 28.7. The van der Waals surface area contributed by atoms with Gasteiger partial charge in [0.05, 0.1) is 12.0 Å². The van der Waals surface area contributed by atoms with Crippen LogP contribution in [-0.4, -0.2) is 54.4 Å². The topological polar surface area (TPSA) is 72.8 Å². The molecule has 0 bridgehead atoms. The smallest absolute Gasteiger partial charge is 0.254 e. The number of likely N-dealkylation sites (N-methyl/N-ethyl adjacent to an activating group) is 1. The number of hydrogen-bond donors (Lipinski definition) is 1. The lowest BCUT2D eigenvalue weighted by Crippen LogP contribution is -2.46. The van der Waals surface area contributed by atoms with E-state index in [1.165, 1.54) is 0 Å². The molecule has 4 rings (SSSR count). The minimum Gasteiger partial charge on any atom is -0.355 e. The molecule has 34 heavy (non-hydrogen) atoms. The van der Waals surface area contributed by atoms with Gasteiger partial charge in [-0.25, -0.2) is 0 Å². The van der Waals surface area contributed by atoms with E-state index in [1.54, 1.807) is 18.0 Å². The van der Waals surface area contributed by atoms with Gasteiger partial charge in [0.25, 0.3) is 5.91 Å². The van der Waals surface area contributed by atoms with Crippen molar-refractivity contribution in [3.05, 3.63) is 71.4 Å². The lowest BCUT2D eigenvalue weighted by Gasteiger charge is -2.39. The number of aryl methyl sites for hydroxylation is 1. The van der Waals surface area contributed by atoms with Crippen molar-refractivity contribution < 1.29 is 19.1 Å². The van der Waals surface area contributed by atoms with E-state index in [0.29, 0.717) is 31.7 Å². The number of carbonyl (C=O) groups is 2. The molecule has 0 unspecified atom stereocenters. The number of benzene rings is 2. The number of ether oxygens (including phenoxy) is 2. The summed E-state index contributed by atoms with van der Waals surface area (Å²) in [6.07, 6.45) is 2.23. The molecule has 1 N–H and O–H groups in total. The summed E-state index contributed by atoms with van der Waals surface area (Å²) in [7, 11) is 3.77. The molecule has 0 saturated heterocycles. The molecule has 0 aliphatic carbocycles. The van der Waals surface area contributed by atoms with E-state index in [-0.39, 0.29) is 18.1 Å². The minimum atomic E-state index is -0.539. The van der Waals surface area contributed by atoms with Crippen molar-refractivity contribution >= 4 is 22.7 Å². The highest BCUT2D eigenvalue weighted by Crippen LogP contribution is 2.44. The van der Waals surface area contributed by atoms with Gasteiger partial charge in [-0.3, -0.25) is 9.59 Å². The third-order valence-electron chi connectivity index (χ3n) is 6.49. The molecular formula is C27H33N3O4. The maximum atomic E-state index is 13.7. The summed E-state index contributed by atoms with van der Waals surface area (Å²) in [5.74, 6) is -0.732. The molecule has 0 radical (unpaired) electrons. The standard InChI is InChI=1S/C27H33N3O4/c1-5-33-23(34-6-2)15-16-28-26(31)24-19-12-7-8-13-20(19)27(32)30(4)25(24)21-17-29(3)22-14-10-9-11-18(21)22/h7-14,17,23-25H,5-6,15-16H2,1-4H3,(H,28,31)/t24-,25-/m0/s1. The van der Waals surface area contributed by atoms with Gasteiger partial charge in [-0.2, -0.15) is 0 Å². The van der Waals surface area contributed by atoms with Crippen LogP contribution in [0.15, 0.2) is 54.7 Å². The molecular weight excluding hydrogens is 430 g/mol. The summed E-state index contributed by atoms with van der Waals surface area (Å²) in [6, 6.07) is 15.1. The first-order valence-corrected chi connectivity index (χ1v) is 11.9. The Hall–Kier alpha value is -3.16. The first-order chi connectivity index (χ1) is 16.5. The molecule has 2 aromatic carbocycles. The van der Waals surface area contributed by atoms with Crippen LogP contribution in [0, 0.1) is 0 Å². The second kappa shape index (κ2) is 10.4. The number of hydrogen-bond acceptors (Lipinski definition) is 4. The van der Waals surface area contributed by atoms with Crippen molar-refractivity contribution in [2.45, 2.75) is 38.5 Å². The highest BCUT2D eigenvalue weighted by Gasteiger charge is 2.43. The lowest BCUT2D eigenvalue weighted by atomic mass is 9.79. The molecule has 1 aromatic heterocycles. The summed E-state index contributed by atoms with van der Waals surface area (Å²) >= 11 is 0. The fraction of sp³-hybridized carbons (Fsp3) is 0.407. The van der Waals surface area contributed by atoms with Crippen LogP contribution >= 0.6 is 0 Å². The number of amides is 2. The normalized spacial score (nSPS) is 17.9. The summed E-state index contributed by atoms with van der Waals surface area (Å²) in [5, 5.41) is 4.13. The Morgan fingerprint density at radius 1 is 1.00 bits per heavy atom. The third-order valence-corrected chi connectivity index (χ3v) is 6.49. The Kier molecular flexibility index (Phi) is 7.34. The summed E-state index contributed by atoms with van der Waals surface area (Å²) in [5.41, 5.74) is 3.35. The monoisotopic (exact) mass is 463 g/mol. The van der Waals surface area contributed by atoms with Crippen LogP contribution in [-0.2, 0) is 21.3 Å². The van der Waals surface area contributed by atoms with Crippen molar-refractivity contribution in [3.8, 4) is 0 Å². The Bertz CT molecular complexity index is 1170. The molecule has 2 atom stereocenters. The number of carbonyl (C=O) groups excluding carboxylic acids is 2. The van der Waals surface area contributed by atoms with E-state index in [4.69, 9.17) is 9.47 Å². The van der Waals surface area contributed by atoms with Crippen LogP contribution in [0.3, 0.4) is 0 Å². The molecule has 2 amide bonds. The van der Waals surface area contributed by atoms with Gasteiger partial charge in [-0.15, -0.1) is 0 Å². The zero-order valence-corrected chi connectivity index (χ0v) is 20.3. The Labute approximate surface area is 200 Å². The molecule has 0 spiro atoms. The molecule has 1 aliphatic rings. The number of nitrogens with zero attached hydrogens (tertiary/aromatic N) is 2. The van der Waals surface area contributed by atoms with E-state index in [9.17, 15) is 9.59 Å². The minimum absolute atomic E-state index is 0.0784. The number of fused-ring (bicyclic) bond motifs is 2. The van der Waals surface area contributed by atoms with Crippen LogP contribution in [0.1, 0.15) is 53.7 Å². The SMILES string of the molecule is CCOC(CCNC(=O)[C@H]1c2ccccc2C(=O)N(C)[C@H]1c1cn(C)c2ccccc12)OCC. The molecule has 0 fully saturated rings. The highest BCUT2D eigenvalue weighted by molar-refractivity contribution is 6.02. The average molecular weight is 464 g/mol. The second-order valence-corrected chi connectivity index (χ2v) is 8.56. The van der Waals surface area contributed by atoms with E-state index < -0.39 is 12.0 Å². The first-order valence-electron chi connectivity index (χ1n) is 11.9. The van der Waals surface area contributed by atoms with E-state index in [1.807, 2.05) is 74.1 Å². The van der Waals surface area contributed by atoms with Crippen molar-refractivity contribution in [2.75, 3.05) is 26.8 Å². The van der Waals surface area contributed by atoms with Crippen molar-refractivity contribution in [3.63, 3.8) is 0 Å². The quantitative estimate of drug-likeness (QED) is 0.487. The number of para-hydroxylation sites is 1. The zero-order chi connectivity index (χ0) is 24.2. The molecule has 180 valence electrons. The van der Waals surface area contributed by atoms with Gasteiger partial charge >= 0.3 is 0 Å². The molecule has 7 nitrogen and oxygen atoms in total. The number of aromatic nitrogens is 1.